The molecule has 0 unspecified atom stereocenters. The summed E-state index contributed by atoms with van der Waals surface area (Å²) < 4.78 is 0. The first-order valence-corrected chi connectivity index (χ1v) is 10.1. The summed E-state index contributed by atoms with van der Waals surface area (Å²) in [4.78, 5) is 32.8. The third-order valence-electron chi connectivity index (χ3n) is 4.99. The zero-order valence-corrected chi connectivity index (χ0v) is 16.6. The van der Waals surface area contributed by atoms with E-state index in [1.54, 1.807) is 41.8 Å². The Morgan fingerprint density at radius 1 is 1.36 bits per heavy atom. The van der Waals surface area contributed by atoms with E-state index in [0.717, 1.165) is 36.0 Å². The number of aromatic nitrogens is 1. The van der Waals surface area contributed by atoms with Gasteiger partial charge in [-0.05, 0) is 37.3 Å². The Morgan fingerprint density at radius 2 is 2.07 bits per heavy atom. The van der Waals surface area contributed by atoms with Crippen LogP contribution in [0, 0.1) is 17.4 Å². The van der Waals surface area contributed by atoms with Crippen LogP contribution in [-0.4, -0.2) is 47.9 Å². The van der Waals surface area contributed by atoms with Crippen LogP contribution in [0.25, 0.3) is 0 Å². The molecule has 1 atom stereocenters. The molecule has 1 saturated heterocycles. The molecule has 1 aliphatic rings. The maximum atomic E-state index is 12.6. The maximum absolute atomic E-state index is 12.6. The number of nitrogens with zero attached hydrogens (tertiary/aromatic N) is 4. The van der Waals surface area contributed by atoms with E-state index >= 15 is 0 Å². The fourth-order valence-corrected chi connectivity index (χ4v) is 4.10. The summed E-state index contributed by atoms with van der Waals surface area (Å²) in [5.41, 5.74) is 0.499. The van der Waals surface area contributed by atoms with Crippen LogP contribution in [0.2, 0.25) is 0 Å². The van der Waals surface area contributed by atoms with Crippen LogP contribution in [0.4, 0.5) is 5.13 Å². The molecule has 0 spiro atoms. The third kappa shape index (κ3) is 4.87. The number of anilines is 1. The second-order valence-electron chi connectivity index (χ2n) is 6.87. The Balaban J connectivity index is 1.63. The van der Waals surface area contributed by atoms with E-state index in [1.165, 1.54) is 7.05 Å². The Labute approximate surface area is 168 Å². The molecule has 1 N–H and O–H groups in total. The molecule has 1 fully saturated rings. The number of carbonyl (C=O) groups is 2. The van der Waals surface area contributed by atoms with Crippen molar-refractivity contribution in [2.75, 3.05) is 25.0 Å². The zero-order chi connectivity index (χ0) is 19.9. The number of likely N-dealkylation sites (N-methyl/N-ethyl adjacent to an activating group) is 1. The first kappa shape index (κ1) is 19.8. The number of nitrogens with one attached hydrogen (secondary N) is 1. The van der Waals surface area contributed by atoms with Crippen LogP contribution in [0.5, 0.6) is 0 Å². The molecule has 2 heterocycles. The smallest absolute Gasteiger partial charge is 0.257 e. The first-order valence-electron chi connectivity index (χ1n) is 9.26. The number of thiazole rings is 1. The Morgan fingerprint density at radius 3 is 2.68 bits per heavy atom. The number of rotatable bonds is 6. The Kier molecular flexibility index (Phi) is 6.61. The molecular weight excluding hydrogens is 374 g/mol. The summed E-state index contributed by atoms with van der Waals surface area (Å²) >= 11 is 1.62. The number of hydrogen-bond acceptors (Lipinski definition) is 6. The highest BCUT2D eigenvalue weighted by Gasteiger charge is 2.30. The lowest BCUT2D eigenvalue weighted by Crippen LogP contribution is -2.48. The minimum absolute atomic E-state index is 0.299. The fraction of sp³-hybridized carbons (Fsp3) is 0.400. The maximum Gasteiger partial charge on any atom is 0.257 e. The van der Waals surface area contributed by atoms with Gasteiger partial charge in [0.2, 0.25) is 0 Å². The van der Waals surface area contributed by atoms with Crippen LogP contribution >= 0.6 is 11.3 Å². The SMILES string of the molecule is CN(C#N)C(=O)[C@H](CC1CCN(c2nccs2)CC1)NC(=O)c1ccccc1. The van der Waals surface area contributed by atoms with Gasteiger partial charge >= 0.3 is 0 Å². The molecule has 0 radical (unpaired) electrons. The van der Waals surface area contributed by atoms with Crippen LogP contribution in [0.3, 0.4) is 0 Å². The minimum Gasteiger partial charge on any atom is -0.348 e. The molecule has 1 aliphatic heterocycles. The monoisotopic (exact) mass is 397 g/mol. The number of nitriles is 1. The van der Waals surface area contributed by atoms with Crippen molar-refractivity contribution in [1.29, 1.82) is 5.26 Å². The molecule has 1 aromatic heterocycles. The molecule has 3 rings (SSSR count). The number of amides is 2. The summed E-state index contributed by atoms with van der Waals surface area (Å²) in [7, 11) is 1.43. The van der Waals surface area contributed by atoms with Gasteiger partial charge in [0.05, 0.1) is 0 Å². The van der Waals surface area contributed by atoms with E-state index in [4.69, 9.17) is 5.26 Å². The van der Waals surface area contributed by atoms with Crippen molar-refractivity contribution < 1.29 is 9.59 Å². The van der Waals surface area contributed by atoms with Gasteiger partial charge in [0.15, 0.2) is 11.3 Å². The lowest BCUT2D eigenvalue weighted by atomic mass is 9.89. The standard InChI is InChI=1S/C20H23N5O2S/c1-24(14-21)19(27)17(23-18(26)16-5-3-2-4-6-16)13-15-7-10-25(11-8-15)20-22-9-12-28-20/h2-6,9,12,15,17H,7-8,10-11,13H2,1H3,(H,23,26)/t17-/m0/s1. The van der Waals surface area contributed by atoms with Gasteiger partial charge in [0.1, 0.15) is 6.04 Å². The van der Waals surface area contributed by atoms with Gasteiger partial charge in [-0.1, -0.05) is 18.2 Å². The zero-order valence-electron chi connectivity index (χ0n) is 15.7. The molecule has 8 heteroatoms. The van der Waals surface area contributed by atoms with E-state index in [9.17, 15) is 9.59 Å². The Hall–Kier alpha value is -2.92. The molecule has 2 amide bonds. The molecule has 0 saturated carbocycles. The number of carbonyl (C=O) groups excluding carboxylic acids is 2. The molecular formula is C20H23N5O2S. The predicted octanol–water partition coefficient (Wildman–Crippen LogP) is 2.49. The van der Waals surface area contributed by atoms with Gasteiger partial charge in [-0.25, -0.2) is 4.98 Å². The second kappa shape index (κ2) is 9.33. The first-order chi connectivity index (χ1) is 13.6. The normalized spacial score (nSPS) is 15.5. The topological polar surface area (TPSA) is 89.3 Å². The van der Waals surface area contributed by atoms with Crippen LogP contribution < -0.4 is 10.2 Å². The highest BCUT2D eigenvalue weighted by atomic mass is 32.1. The number of hydrogen-bond donors (Lipinski definition) is 1. The van der Waals surface area contributed by atoms with Crippen LogP contribution in [0.1, 0.15) is 29.6 Å². The summed E-state index contributed by atoms with van der Waals surface area (Å²) in [5.74, 6) is -0.382. The highest BCUT2D eigenvalue weighted by Crippen LogP contribution is 2.27. The third-order valence-corrected chi connectivity index (χ3v) is 5.83. The fourth-order valence-electron chi connectivity index (χ4n) is 3.40. The number of benzene rings is 1. The molecule has 1 aromatic carbocycles. The van der Waals surface area contributed by atoms with Crippen LogP contribution in [-0.2, 0) is 4.79 Å². The van der Waals surface area contributed by atoms with Crippen molar-refractivity contribution in [3.05, 3.63) is 47.5 Å². The molecule has 28 heavy (non-hydrogen) atoms. The van der Waals surface area contributed by atoms with Gasteiger partial charge in [-0.3, -0.25) is 14.5 Å². The molecule has 2 aromatic rings. The molecule has 0 bridgehead atoms. The predicted molar refractivity (Wildman–Crippen MR) is 108 cm³/mol. The van der Waals surface area contributed by atoms with Crippen molar-refractivity contribution in [1.82, 2.24) is 15.2 Å². The lowest BCUT2D eigenvalue weighted by Gasteiger charge is -2.33. The number of piperidine rings is 1. The van der Waals surface area contributed by atoms with Crippen molar-refractivity contribution in [2.24, 2.45) is 5.92 Å². The summed E-state index contributed by atoms with van der Waals surface area (Å²) in [6.07, 6.45) is 6.00. The van der Waals surface area contributed by atoms with E-state index in [1.807, 2.05) is 17.6 Å². The average molecular weight is 398 g/mol. The van der Waals surface area contributed by atoms with Gasteiger partial charge in [0, 0.05) is 37.3 Å². The summed E-state index contributed by atoms with van der Waals surface area (Å²) in [5, 5.41) is 14.9. The van der Waals surface area contributed by atoms with Crippen molar-refractivity contribution in [3.8, 4) is 6.19 Å². The highest BCUT2D eigenvalue weighted by molar-refractivity contribution is 7.13. The van der Waals surface area contributed by atoms with Crippen molar-refractivity contribution in [2.45, 2.75) is 25.3 Å². The Bertz CT molecular complexity index is 826. The van der Waals surface area contributed by atoms with E-state index in [2.05, 4.69) is 15.2 Å². The molecule has 0 aliphatic carbocycles. The largest absolute Gasteiger partial charge is 0.348 e. The minimum atomic E-state index is -0.714. The second-order valence-corrected chi connectivity index (χ2v) is 7.74. The van der Waals surface area contributed by atoms with Gasteiger partial charge in [-0.2, -0.15) is 5.26 Å². The van der Waals surface area contributed by atoms with Crippen molar-refractivity contribution >= 4 is 28.3 Å². The van der Waals surface area contributed by atoms with E-state index in [0.29, 0.717) is 17.9 Å². The molecule has 7 nitrogen and oxygen atoms in total. The summed E-state index contributed by atoms with van der Waals surface area (Å²) in [6, 6.07) is 8.09. The van der Waals surface area contributed by atoms with Gasteiger partial charge < -0.3 is 10.2 Å². The van der Waals surface area contributed by atoms with E-state index < -0.39 is 6.04 Å². The molecule has 146 valence electrons. The van der Waals surface area contributed by atoms with Gasteiger partial charge in [0.25, 0.3) is 11.8 Å². The van der Waals surface area contributed by atoms with E-state index in [-0.39, 0.29) is 11.8 Å². The average Bonchev–Trinajstić information content (AvgIpc) is 3.28. The quantitative estimate of drug-likeness (QED) is 0.597. The van der Waals surface area contributed by atoms with Crippen molar-refractivity contribution in [3.63, 3.8) is 0 Å². The van der Waals surface area contributed by atoms with Gasteiger partial charge in [-0.15, -0.1) is 11.3 Å². The summed E-state index contributed by atoms with van der Waals surface area (Å²) in [6.45, 7) is 1.75. The lowest BCUT2D eigenvalue weighted by molar-refractivity contribution is -0.129. The van der Waals surface area contributed by atoms with Crippen LogP contribution in [0.15, 0.2) is 41.9 Å².